The second-order valence-corrected chi connectivity index (χ2v) is 8.10. The van der Waals surface area contributed by atoms with Crippen LogP contribution in [0.5, 0.6) is 0 Å². The van der Waals surface area contributed by atoms with E-state index in [4.69, 9.17) is 0 Å². The minimum atomic E-state index is -0.303. The standard InChI is InChI=1S/C22H25FN4OS/c1-4-27-20(19-8-6-5-7-15(19)2)25-26-22(27)29-16(3)21(28)24-14-13-17-9-11-18(23)12-10-17/h5-12,16H,4,13-14H2,1-3H3,(H,24,28)/t16-/m0/s1. The molecule has 1 amide bonds. The summed E-state index contributed by atoms with van der Waals surface area (Å²) >= 11 is 1.40. The van der Waals surface area contributed by atoms with Gasteiger partial charge in [0.1, 0.15) is 5.82 Å². The van der Waals surface area contributed by atoms with Crippen molar-refractivity contribution in [2.45, 2.75) is 44.1 Å². The van der Waals surface area contributed by atoms with Crippen molar-refractivity contribution in [3.8, 4) is 11.4 Å². The van der Waals surface area contributed by atoms with Crippen LogP contribution in [0.25, 0.3) is 11.4 Å². The number of carbonyl (C=O) groups excluding carboxylic acids is 1. The summed E-state index contributed by atoms with van der Waals surface area (Å²) in [4.78, 5) is 12.5. The van der Waals surface area contributed by atoms with Crippen LogP contribution in [0, 0.1) is 12.7 Å². The third-order valence-electron chi connectivity index (χ3n) is 4.70. The number of aromatic nitrogens is 3. The van der Waals surface area contributed by atoms with Crippen LogP contribution in [0.1, 0.15) is 25.0 Å². The smallest absolute Gasteiger partial charge is 0.233 e. The third-order valence-corrected chi connectivity index (χ3v) is 5.78. The largest absolute Gasteiger partial charge is 0.355 e. The first-order chi connectivity index (χ1) is 14.0. The minimum Gasteiger partial charge on any atom is -0.355 e. The lowest BCUT2D eigenvalue weighted by atomic mass is 10.1. The minimum absolute atomic E-state index is 0.0554. The van der Waals surface area contributed by atoms with Gasteiger partial charge in [-0.1, -0.05) is 48.2 Å². The lowest BCUT2D eigenvalue weighted by Crippen LogP contribution is -2.32. The fourth-order valence-electron chi connectivity index (χ4n) is 3.02. The second kappa shape index (κ2) is 9.69. The predicted octanol–water partition coefficient (Wildman–Crippen LogP) is 4.25. The first-order valence-electron chi connectivity index (χ1n) is 9.67. The first kappa shape index (κ1) is 21.0. The Labute approximate surface area is 174 Å². The molecule has 7 heteroatoms. The topological polar surface area (TPSA) is 59.8 Å². The molecule has 2 aromatic carbocycles. The molecular weight excluding hydrogens is 387 g/mol. The maximum absolute atomic E-state index is 13.0. The number of carbonyl (C=O) groups is 1. The maximum Gasteiger partial charge on any atom is 0.233 e. The normalized spacial score (nSPS) is 12.0. The number of hydrogen-bond donors (Lipinski definition) is 1. The average molecular weight is 413 g/mol. The highest BCUT2D eigenvalue weighted by atomic mass is 32.2. The van der Waals surface area contributed by atoms with Crippen LogP contribution in [0.4, 0.5) is 4.39 Å². The first-order valence-corrected chi connectivity index (χ1v) is 10.6. The molecule has 1 aromatic heterocycles. The van der Waals surface area contributed by atoms with Crippen LogP contribution in [-0.2, 0) is 17.8 Å². The van der Waals surface area contributed by atoms with E-state index in [9.17, 15) is 9.18 Å². The molecule has 3 rings (SSSR count). The number of aryl methyl sites for hydroxylation is 1. The zero-order chi connectivity index (χ0) is 20.8. The van der Waals surface area contributed by atoms with Crippen molar-refractivity contribution in [1.82, 2.24) is 20.1 Å². The highest BCUT2D eigenvalue weighted by Gasteiger charge is 2.20. The van der Waals surface area contributed by atoms with Gasteiger partial charge in [0.25, 0.3) is 0 Å². The summed E-state index contributed by atoms with van der Waals surface area (Å²) in [6, 6.07) is 14.4. The summed E-state index contributed by atoms with van der Waals surface area (Å²) in [5.74, 6) is 0.505. The van der Waals surface area contributed by atoms with Gasteiger partial charge in [0, 0.05) is 18.7 Å². The molecule has 0 aliphatic carbocycles. The Hall–Kier alpha value is -2.67. The summed E-state index contributed by atoms with van der Waals surface area (Å²) in [5.41, 5.74) is 3.17. The fourth-order valence-corrected chi connectivity index (χ4v) is 3.96. The number of hydrogen-bond acceptors (Lipinski definition) is 4. The van der Waals surface area contributed by atoms with E-state index in [1.54, 1.807) is 12.1 Å². The Kier molecular flexibility index (Phi) is 7.04. The van der Waals surface area contributed by atoms with Crippen molar-refractivity contribution in [3.63, 3.8) is 0 Å². The molecule has 5 nitrogen and oxygen atoms in total. The van der Waals surface area contributed by atoms with Gasteiger partial charge in [-0.05, 0) is 50.5 Å². The quantitative estimate of drug-likeness (QED) is 0.562. The van der Waals surface area contributed by atoms with Crippen LogP contribution in [0.15, 0.2) is 53.7 Å². The fraction of sp³-hybridized carbons (Fsp3) is 0.318. The Morgan fingerprint density at radius 1 is 1.17 bits per heavy atom. The summed E-state index contributed by atoms with van der Waals surface area (Å²) in [6.07, 6.45) is 0.659. The lowest BCUT2D eigenvalue weighted by molar-refractivity contribution is -0.120. The van der Waals surface area contributed by atoms with Gasteiger partial charge in [-0.15, -0.1) is 10.2 Å². The van der Waals surface area contributed by atoms with E-state index in [1.165, 1.54) is 23.9 Å². The third kappa shape index (κ3) is 5.23. The molecule has 29 heavy (non-hydrogen) atoms. The van der Waals surface area contributed by atoms with Gasteiger partial charge >= 0.3 is 0 Å². The van der Waals surface area contributed by atoms with Crippen molar-refractivity contribution in [2.24, 2.45) is 0 Å². The van der Waals surface area contributed by atoms with E-state index in [2.05, 4.69) is 15.5 Å². The van der Waals surface area contributed by atoms with Crippen molar-refractivity contribution >= 4 is 17.7 Å². The molecule has 0 spiro atoms. The van der Waals surface area contributed by atoms with E-state index in [1.807, 2.05) is 49.6 Å². The van der Waals surface area contributed by atoms with E-state index < -0.39 is 0 Å². The number of amides is 1. The highest BCUT2D eigenvalue weighted by molar-refractivity contribution is 8.00. The van der Waals surface area contributed by atoms with Crippen molar-refractivity contribution in [1.29, 1.82) is 0 Å². The summed E-state index contributed by atoms with van der Waals surface area (Å²) in [5, 5.41) is 12.1. The molecule has 0 saturated carbocycles. The Morgan fingerprint density at radius 2 is 1.90 bits per heavy atom. The molecule has 0 bridgehead atoms. The predicted molar refractivity (Wildman–Crippen MR) is 114 cm³/mol. The van der Waals surface area contributed by atoms with E-state index in [0.717, 1.165) is 34.2 Å². The van der Waals surface area contributed by atoms with Gasteiger partial charge in [-0.2, -0.15) is 0 Å². The Morgan fingerprint density at radius 3 is 2.59 bits per heavy atom. The van der Waals surface area contributed by atoms with Gasteiger partial charge in [0.2, 0.25) is 5.91 Å². The monoisotopic (exact) mass is 412 g/mol. The van der Waals surface area contributed by atoms with Crippen LogP contribution in [-0.4, -0.2) is 32.5 Å². The van der Waals surface area contributed by atoms with Crippen LogP contribution in [0.3, 0.4) is 0 Å². The highest BCUT2D eigenvalue weighted by Crippen LogP contribution is 2.28. The molecule has 3 aromatic rings. The van der Waals surface area contributed by atoms with E-state index in [0.29, 0.717) is 13.0 Å². The van der Waals surface area contributed by atoms with Gasteiger partial charge in [-0.3, -0.25) is 4.79 Å². The number of nitrogens with zero attached hydrogens (tertiary/aromatic N) is 3. The molecule has 1 N–H and O–H groups in total. The van der Waals surface area contributed by atoms with E-state index in [-0.39, 0.29) is 17.0 Å². The van der Waals surface area contributed by atoms with Gasteiger partial charge < -0.3 is 9.88 Å². The van der Waals surface area contributed by atoms with Crippen LogP contribution in [0.2, 0.25) is 0 Å². The van der Waals surface area contributed by atoms with Crippen molar-refractivity contribution in [3.05, 3.63) is 65.5 Å². The molecule has 0 aliphatic heterocycles. The number of rotatable bonds is 8. The number of halogens is 1. The number of benzene rings is 2. The molecule has 1 atom stereocenters. The Bertz CT molecular complexity index is 971. The van der Waals surface area contributed by atoms with Gasteiger partial charge in [0.15, 0.2) is 11.0 Å². The maximum atomic E-state index is 13.0. The molecule has 0 unspecified atom stereocenters. The van der Waals surface area contributed by atoms with Crippen LogP contribution >= 0.6 is 11.8 Å². The SMILES string of the molecule is CCn1c(S[C@@H](C)C(=O)NCCc2ccc(F)cc2)nnc1-c1ccccc1C. The molecule has 152 valence electrons. The molecule has 1 heterocycles. The summed E-state index contributed by atoms with van der Waals surface area (Å²) in [7, 11) is 0. The average Bonchev–Trinajstić information content (AvgIpc) is 3.12. The molecular formula is C22H25FN4OS. The number of nitrogens with one attached hydrogen (secondary N) is 1. The van der Waals surface area contributed by atoms with Crippen LogP contribution < -0.4 is 5.32 Å². The van der Waals surface area contributed by atoms with Crippen molar-refractivity contribution in [2.75, 3.05) is 6.54 Å². The molecule has 0 aliphatic rings. The summed E-state index contributed by atoms with van der Waals surface area (Å²) in [6.45, 7) is 7.18. The zero-order valence-electron chi connectivity index (χ0n) is 16.9. The lowest BCUT2D eigenvalue weighted by Gasteiger charge is -2.13. The van der Waals surface area contributed by atoms with E-state index >= 15 is 0 Å². The van der Waals surface area contributed by atoms with Gasteiger partial charge in [0.05, 0.1) is 5.25 Å². The Balaban J connectivity index is 1.61. The van der Waals surface area contributed by atoms with Gasteiger partial charge in [-0.25, -0.2) is 4.39 Å². The molecule has 0 radical (unpaired) electrons. The zero-order valence-corrected chi connectivity index (χ0v) is 17.7. The number of thioether (sulfide) groups is 1. The molecule has 0 fully saturated rings. The summed E-state index contributed by atoms with van der Waals surface area (Å²) < 4.78 is 15.0. The van der Waals surface area contributed by atoms with Crippen molar-refractivity contribution < 1.29 is 9.18 Å². The second-order valence-electron chi connectivity index (χ2n) is 6.79. The molecule has 0 saturated heterocycles.